The molecule has 1 aromatic heterocycles. The van der Waals surface area contributed by atoms with Crippen LogP contribution in [0.3, 0.4) is 0 Å². The van der Waals surface area contributed by atoms with Crippen LogP contribution in [-0.4, -0.2) is 9.97 Å². The lowest BCUT2D eigenvalue weighted by Gasteiger charge is -1.98. The number of aryl methyl sites for hydroxylation is 1. The quantitative estimate of drug-likeness (QED) is 0.720. The number of rotatable bonds is 1. The Bertz CT molecular complexity index is 393. The highest BCUT2D eigenvalue weighted by atomic mass is 14.8. The summed E-state index contributed by atoms with van der Waals surface area (Å²) in [5.74, 6) is 0.780. The van der Waals surface area contributed by atoms with E-state index in [1.807, 2.05) is 18.2 Å². The zero-order valence-corrected chi connectivity index (χ0v) is 10.1. The smallest absolute Gasteiger partial charge is 0.159 e. The normalized spacial score (nSPS) is 9.19. The van der Waals surface area contributed by atoms with E-state index in [0.717, 1.165) is 11.4 Å². The SMILES string of the molecule is CCC.Cc1ccc(-c2ncccn2)cc1. The van der Waals surface area contributed by atoms with Crippen LogP contribution in [0.25, 0.3) is 11.4 Å². The fraction of sp³-hybridized carbons (Fsp3) is 0.286. The first-order valence-corrected chi connectivity index (χ1v) is 5.62. The van der Waals surface area contributed by atoms with Crippen molar-refractivity contribution in [2.24, 2.45) is 0 Å². The molecule has 0 saturated heterocycles. The molecule has 0 bridgehead atoms. The molecule has 2 rings (SSSR count). The average molecular weight is 214 g/mol. The van der Waals surface area contributed by atoms with Gasteiger partial charge in [0, 0.05) is 18.0 Å². The van der Waals surface area contributed by atoms with E-state index in [9.17, 15) is 0 Å². The maximum absolute atomic E-state index is 4.17. The van der Waals surface area contributed by atoms with Crippen LogP contribution in [0.1, 0.15) is 25.8 Å². The predicted octanol–water partition coefficient (Wildman–Crippen LogP) is 3.87. The van der Waals surface area contributed by atoms with Crippen LogP contribution in [0.5, 0.6) is 0 Å². The monoisotopic (exact) mass is 214 g/mol. The van der Waals surface area contributed by atoms with Crippen molar-refractivity contribution in [1.29, 1.82) is 0 Å². The Balaban J connectivity index is 0.000000386. The largest absolute Gasteiger partial charge is 0.237 e. The second-order valence-electron chi connectivity index (χ2n) is 3.65. The first-order chi connectivity index (χ1) is 7.77. The van der Waals surface area contributed by atoms with Crippen LogP contribution in [0.15, 0.2) is 42.7 Å². The first-order valence-electron chi connectivity index (χ1n) is 5.62. The van der Waals surface area contributed by atoms with Gasteiger partial charge in [-0.1, -0.05) is 50.1 Å². The summed E-state index contributed by atoms with van der Waals surface area (Å²) in [5.41, 5.74) is 2.31. The third-order valence-electron chi connectivity index (χ3n) is 1.88. The van der Waals surface area contributed by atoms with E-state index in [-0.39, 0.29) is 0 Å². The highest BCUT2D eigenvalue weighted by Gasteiger charge is 1.97. The number of hydrogen-bond donors (Lipinski definition) is 0. The Labute approximate surface area is 97.4 Å². The predicted molar refractivity (Wildman–Crippen MR) is 68.2 cm³/mol. The van der Waals surface area contributed by atoms with E-state index in [1.165, 1.54) is 12.0 Å². The van der Waals surface area contributed by atoms with E-state index in [0.29, 0.717) is 0 Å². The highest BCUT2D eigenvalue weighted by Crippen LogP contribution is 2.13. The van der Waals surface area contributed by atoms with Gasteiger partial charge < -0.3 is 0 Å². The molecule has 0 N–H and O–H groups in total. The zero-order valence-electron chi connectivity index (χ0n) is 10.1. The second kappa shape index (κ2) is 6.72. The molecule has 1 aromatic carbocycles. The van der Waals surface area contributed by atoms with Gasteiger partial charge in [0.15, 0.2) is 5.82 Å². The molecular formula is C14H18N2. The van der Waals surface area contributed by atoms with Gasteiger partial charge in [-0.05, 0) is 13.0 Å². The van der Waals surface area contributed by atoms with Gasteiger partial charge in [0.05, 0.1) is 0 Å². The van der Waals surface area contributed by atoms with Gasteiger partial charge in [-0.15, -0.1) is 0 Å². The number of benzene rings is 1. The minimum atomic E-state index is 0.780. The van der Waals surface area contributed by atoms with E-state index in [2.05, 4.69) is 42.9 Å². The molecule has 1 heterocycles. The van der Waals surface area contributed by atoms with Gasteiger partial charge in [-0.3, -0.25) is 0 Å². The second-order valence-corrected chi connectivity index (χ2v) is 3.65. The van der Waals surface area contributed by atoms with Crippen molar-refractivity contribution in [3.63, 3.8) is 0 Å². The summed E-state index contributed by atoms with van der Waals surface area (Å²) in [4.78, 5) is 8.34. The molecule has 2 aromatic rings. The van der Waals surface area contributed by atoms with Crippen molar-refractivity contribution in [1.82, 2.24) is 9.97 Å². The molecule has 2 nitrogen and oxygen atoms in total. The van der Waals surface area contributed by atoms with Crippen molar-refractivity contribution in [2.75, 3.05) is 0 Å². The fourth-order valence-electron chi connectivity index (χ4n) is 1.15. The standard InChI is InChI=1S/C11H10N2.C3H8/c1-9-3-5-10(6-4-9)11-12-7-2-8-13-11;1-3-2/h2-8H,1H3;3H2,1-2H3. The first kappa shape index (κ1) is 12.4. The third-order valence-corrected chi connectivity index (χ3v) is 1.88. The lowest BCUT2D eigenvalue weighted by Crippen LogP contribution is -1.85. The van der Waals surface area contributed by atoms with Crippen LogP contribution >= 0.6 is 0 Å². The van der Waals surface area contributed by atoms with Crippen LogP contribution < -0.4 is 0 Å². The van der Waals surface area contributed by atoms with E-state index < -0.39 is 0 Å². The minimum Gasteiger partial charge on any atom is -0.237 e. The van der Waals surface area contributed by atoms with Gasteiger partial charge in [-0.2, -0.15) is 0 Å². The molecule has 0 spiro atoms. The molecule has 0 aliphatic rings. The lowest BCUT2D eigenvalue weighted by atomic mass is 10.1. The molecule has 0 amide bonds. The fourth-order valence-corrected chi connectivity index (χ4v) is 1.15. The summed E-state index contributed by atoms with van der Waals surface area (Å²) < 4.78 is 0. The van der Waals surface area contributed by atoms with Gasteiger partial charge in [0.25, 0.3) is 0 Å². The molecule has 0 fully saturated rings. The minimum absolute atomic E-state index is 0.780. The zero-order chi connectivity index (χ0) is 11.8. The van der Waals surface area contributed by atoms with Gasteiger partial charge in [-0.25, -0.2) is 9.97 Å². The summed E-state index contributed by atoms with van der Waals surface area (Å²) in [6, 6.07) is 10.0. The maximum atomic E-state index is 4.17. The van der Waals surface area contributed by atoms with Crippen LogP contribution in [0.2, 0.25) is 0 Å². The summed E-state index contributed by atoms with van der Waals surface area (Å²) >= 11 is 0. The van der Waals surface area contributed by atoms with Crippen molar-refractivity contribution in [3.8, 4) is 11.4 Å². The Kier molecular flexibility index (Phi) is 5.20. The van der Waals surface area contributed by atoms with Crippen LogP contribution in [0, 0.1) is 6.92 Å². The van der Waals surface area contributed by atoms with Crippen molar-refractivity contribution < 1.29 is 0 Å². The van der Waals surface area contributed by atoms with Gasteiger partial charge in [0.2, 0.25) is 0 Å². The Hall–Kier alpha value is -1.70. The van der Waals surface area contributed by atoms with E-state index in [1.54, 1.807) is 12.4 Å². The molecule has 0 unspecified atom stereocenters. The van der Waals surface area contributed by atoms with Crippen molar-refractivity contribution in [3.05, 3.63) is 48.3 Å². The Morgan fingerprint density at radius 3 is 1.94 bits per heavy atom. The molecule has 16 heavy (non-hydrogen) atoms. The summed E-state index contributed by atoms with van der Waals surface area (Å²) in [6.07, 6.45) is 4.75. The molecule has 0 atom stereocenters. The Morgan fingerprint density at radius 1 is 0.938 bits per heavy atom. The van der Waals surface area contributed by atoms with E-state index in [4.69, 9.17) is 0 Å². The van der Waals surface area contributed by atoms with Crippen LogP contribution in [-0.2, 0) is 0 Å². The average Bonchev–Trinajstić information content (AvgIpc) is 2.32. The summed E-state index contributed by atoms with van der Waals surface area (Å²) in [6.45, 7) is 6.32. The molecule has 0 radical (unpaired) electrons. The van der Waals surface area contributed by atoms with Crippen LogP contribution in [0.4, 0.5) is 0 Å². The maximum Gasteiger partial charge on any atom is 0.159 e. The Morgan fingerprint density at radius 2 is 1.44 bits per heavy atom. The lowest BCUT2D eigenvalue weighted by molar-refractivity contribution is 1.09. The molecular weight excluding hydrogens is 196 g/mol. The molecule has 0 saturated carbocycles. The summed E-state index contributed by atoms with van der Waals surface area (Å²) in [7, 11) is 0. The number of hydrogen-bond acceptors (Lipinski definition) is 2. The molecule has 84 valence electrons. The molecule has 0 aliphatic heterocycles. The highest BCUT2D eigenvalue weighted by molar-refractivity contribution is 5.54. The van der Waals surface area contributed by atoms with E-state index >= 15 is 0 Å². The molecule has 0 aliphatic carbocycles. The third kappa shape index (κ3) is 3.81. The topological polar surface area (TPSA) is 25.8 Å². The van der Waals surface area contributed by atoms with Gasteiger partial charge >= 0.3 is 0 Å². The number of nitrogens with zero attached hydrogens (tertiary/aromatic N) is 2. The number of aromatic nitrogens is 2. The summed E-state index contributed by atoms with van der Waals surface area (Å²) in [5, 5.41) is 0. The molecule has 2 heteroatoms. The van der Waals surface area contributed by atoms with Crippen molar-refractivity contribution >= 4 is 0 Å². The van der Waals surface area contributed by atoms with Gasteiger partial charge in [0.1, 0.15) is 0 Å². The van der Waals surface area contributed by atoms with Crippen molar-refractivity contribution in [2.45, 2.75) is 27.2 Å².